The third-order valence-corrected chi connectivity index (χ3v) is 4.24. The van der Waals surface area contributed by atoms with Gasteiger partial charge in [-0.15, -0.1) is 0 Å². The molecule has 1 aliphatic heterocycles. The molecule has 3 rings (SSSR count). The van der Waals surface area contributed by atoms with Gasteiger partial charge in [0.2, 0.25) is 5.95 Å². The molecule has 0 saturated carbocycles. The van der Waals surface area contributed by atoms with Crippen molar-refractivity contribution >= 4 is 23.2 Å². The van der Waals surface area contributed by atoms with Gasteiger partial charge < -0.3 is 20.3 Å². The van der Waals surface area contributed by atoms with E-state index in [1.165, 1.54) is 0 Å². The van der Waals surface area contributed by atoms with Crippen LogP contribution in [0.25, 0.3) is 0 Å². The Balaban J connectivity index is 1.67. The average molecular weight is 355 g/mol. The first-order valence-electron chi connectivity index (χ1n) is 8.81. The van der Waals surface area contributed by atoms with Crippen LogP contribution in [0.15, 0.2) is 30.3 Å². The minimum absolute atomic E-state index is 0.106. The highest BCUT2D eigenvalue weighted by Crippen LogP contribution is 2.18. The van der Waals surface area contributed by atoms with Gasteiger partial charge in [-0.3, -0.25) is 4.79 Å². The Morgan fingerprint density at radius 3 is 2.69 bits per heavy atom. The Kier molecular flexibility index (Phi) is 5.68. The average Bonchev–Trinajstić information content (AvgIpc) is 3.13. The van der Waals surface area contributed by atoms with Crippen LogP contribution in [0.5, 0.6) is 0 Å². The summed E-state index contributed by atoms with van der Waals surface area (Å²) in [7, 11) is 3.99. The largest absolute Gasteiger partial charge is 0.378 e. The maximum Gasteiger partial charge on any atom is 0.270 e. The fourth-order valence-electron chi connectivity index (χ4n) is 2.82. The van der Waals surface area contributed by atoms with Crippen molar-refractivity contribution in [2.24, 2.45) is 0 Å². The number of nitrogens with one attached hydrogen (secondary N) is 2. The summed E-state index contributed by atoms with van der Waals surface area (Å²) in [6.45, 7) is 3.13. The first-order chi connectivity index (χ1) is 12.5. The summed E-state index contributed by atoms with van der Waals surface area (Å²) in [5.41, 5.74) is 3.06. The molecular formula is C19H25N5O2. The predicted molar refractivity (Wildman–Crippen MR) is 102 cm³/mol. The molecule has 0 spiro atoms. The molecule has 7 heteroatoms. The number of aryl methyl sites for hydroxylation is 1. The van der Waals surface area contributed by atoms with Crippen LogP contribution in [-0.4, -0.2) is 49.2 Å². The molecule has 1 amide bonds. The number of hydrogen-bond donors (Lipinski definition) is 2. The zero-order valence-corrected chi connectivity index (χ0v) is 15.5. The Hall–Kier alpha value is -2.67. The lowest BCUT2D eigenvalue weighted by Gasteiger charge is -2.13. The number of nitrogens with zero attached hydrogens (tertiary/aromatic N) is 3. The van der Waals surface area contributed by atoms with Gasteiger partial charge in [0.25, 0.3) is 5.91 Å². The monoisotopic (exact) mass is 355 g/mol. The second kappa shape index (κ2) is 8.14. The molecule has 26 heavy (non-hydrogen) atoms. The van der Waals surface area contributed by atoms with E-state index in [-0.39, 0.29) is 12.0 Å². The van der Waals surface area contributed by atoms with Gasteiger partial charge in [0, 0.05) is 44.3 Å². The molecule has 2 aromatic rings. The molecule has 2 heterocycles. The van der Waals surface area contributed by atoms with Crippen molar-refractivity contribution in [3.63, 3.8) is 0 Å². The van der Waals surface area contributed by atoms with Crippen molar-refractivity contribution < 1.29 is 9.53 Å². The van der Waals surface area contributed by atoms with Crippen LogP contribution >= 0.6 is 0 Å². The number of rotatable bonds is 6. The molecule has 1 fully saturated rings. The molecule has 138 valence electrons. The van der Waals surface area contributed by atoms with E-state index in [2.05, 4.69) is 20.6 Å². The topological polar surface area (TPSA) is 79.4 Å². The molecule has 0 radical (unpaired) electrons. The number of amides is 1. The summed E-state index contributed by atoms with van der Waals surface area (Å²) < 4.78 is 5.53. The molecule has 7 nitrogen and oxygen atoms in total. The van der Waals surface area contributed by atoms with Gasteiger partial charge in [0.05, 0.1) is 6.10 Å². The first-order valence-corrected chi connectivity index (χ1v) is 8.81. The Morgan fingerprint density at radius 2 is 2.04 bits per heavy atom. The molecule has 1 unspecified atom stereocenters. The summed E-state index contributed by atoms with van der Waals surface area (Å²) in [5, 5.41) is 6.05. The van der Waals surface area contributed by atoms with Crippen LogP contribution in [0, 0.1) is 6.92 Å². The van der Waals surface area contributed by atoms with Gasteiger partial charge in [-0.25, -0.2) is 9.97 Å². The van der Waals surface area contributed by atoms with Crippen LogP contribution in [-0.2, 0) is 4.74 Å². The SMILES string of the molecule is Cc1cc(C(=O)NCC2CCCO2)nc(Nc2ccc(N(C)C)cc2)n1. The van der Waals surface area contributed by atoms with Crippen LogP contribution < -0.4 is 15.5 Å². The molecule has 2 N–H and O–H groups in total. The standard InChI is InChI=1S/C19H25N5O2/c1-13-11-17(18(25)20-12-16-5-4-10-26-16)23-19(21-13)22-14-6-8-15(9-7-14)24(2)3/h6-9,11,16H,4-5,10,12H2,1-3H3,(H,20,25)(H,21,22,23). The van der Waals surface area contributed by atoms with E-state index < -0.39 is 0 Å². The molecule has 1 aliphatic rings. The van der Waals surface area contributed by atoms with Crippen LogP contribution in [0.4, 0.5) is 17.3 Å². The molecule has 1 aromatic carbocycles. The van der Waals surface area contributed by atoms with Gasteiger partial charge in [0.1, 0.15) is 5.69 Å². The first kappa shape index (κ1) is 18.1. The lowest BCUT2D eigenvalue weighted by atomic mass is 10.2. The van der Waals surface area contributed by atoms with Crippen LogP contribution in [0.2, 0.25) is 0 Å². The lowest BCUT2D eigenvalue weighted by Crippen LogP contribution is -2.32. The van der Waals surface area contributed by atoms with Crippen molar-refractivity contribution in [1.82, 2.24) is 15.3 Å². The highest BCUT2D eigenvalue weighted by Gasteiger charge is 2.17. The van der Waals surface area contributed by atoms with E-state index >= 15 is 0 Å². The lowest BCUT2D eigenvalue weighted by molar-refractivity contribution is 0.0853. The summed E-state index contributed by atoms with van der Waals surface area (Å²) in [6, 6.07) is 9.61. The Bertz CT molecular complexity index is 755. The number of hydrogen-bond acceptors (Lipinski definition) is 6. The maximum absolute atomic E-state index is 12.4. The number of benzene rings is 1. The number of carbonyl (C=O) groups excluding carboxylic acids is 1. The molecular weight excluding hydrogens is 330 g/mol. The van der Waals surface area contributed by atoms with Gasteiger partial charge >= 0.3 is 0 Å². The van der Waals surface area contributed by atoms with Gasteiger partial charge in [-0.2, -0.15) is 0 Å². The van der Waals surface area contributed by atoms with Gasteiger partial charge in [-0.1, -0.05) is 0 Å². The maximum atomic E-state index is 12.4. The zero-order valence-electron chi connectivity index (χ0n) is 15.5. The molecule has 0 aliphatic carbocycles. The van der Waals surface area contributed by atoms with Crippen molar-refractivity contribution in [2.75, 3.05) is 37.5 Å². The molecule has 1 saturated heterocycles. The van der Waals surface area contributed by atoms with Crippen molar-refractivity contribution in [3.05, 3.63) is 41.7 Å². The van der Waals surface area contributed by atoms with Crippen LogP contribution in [0.3, 0.4) is 0 Å². The predicted octanol–water partition coefficient (Wildman–Crippen LogP) is 2.50. The quantitative estimate of drug-likeness (QED) is 0.829. The molecule has 1 aromatic heterocycles. The highest BCUT2D eigenvalue weighted by atomic mass is 16.5. The Labute approximate surface area is 153 Å². The summed E-state index contributed by atoms with van der Waals surface area (Å²) in [4.78, 5) is 23.1. The fraction of sp³-hybridized carbons (Fsp3) is 0.421. The third-order valence-electron chi connectivity index (χ3n) is 4.24. The normalized spacial score (nSPS) is 16.3. The van der Waals surface area contributed by atoms with Gasteiger partial charge in [-0.05, 0) is 50.1 Å². The van der Waals surface area contributed by atoms with E-state index in [1.807, 2.05) is 50.2 Å². The smallest absolute Gasteiger partial charge is 0.270 e. The summed E-state index contributed by atoms with van der Waals surface area (Å²) in [5.74, 6) is 0.196. The van der Waals surface area contributed by atoms with E-state index in [0.29, 0.717) is 18.2 Å². The van der Waals surface area contributed by atoms with E-state index in [0.717, 1.165) is 36.5 Å². The minimum atomic E-state index is -0.211. The number of anilines is 3. The summed E-state index contributed by atoms with van der Waals surface area (Å²) in [6.07, 6.45) is 2.14. The van der Waals surface area contributed by atoms with Gasteiger partial charge in [0.15, 0.2) is 0 Å². The highest BCUT2D eigenvalue weighted by molar-refractivity contribution is 5.92. The summed E-state index contributed by atoms with van der Waals surface area (Å²) >= 11 is 0. The van der Waals surface area contributed by atoms with E-state index in [1.54, 1.807) is 6.07 Å². The van der Waals surface area contributed by atoms with Crippen LogP contribution in [0.1, 0.15) is 29.0 Å². The second-order valence-corrected chi connectivity index (χ2v) is 6.63. The number of aromatic nitrogens is 2. The van der Waals surface area contributed by atoms with Crippen molar-refractivity contribution in [2.45, 2.75) is 25.9 Å². The third kappa shape index (κ3) is 4.70. The van der Waals surface area contributed by atoms with Crippen molar-refractivity contribution in [1.29, 1.82) is 0 Å². The molecule has 0 bridgehead atoms. The molecule has 1 atom stereocenters. The second-order valence-electron chi connectivity index (χ2n) is 6.63. The van der Waals surface area contributed by atoms with E-state index in [9.17, 15) is 4.79 Å². The van der Waals surface area contributed by atoms with E-state index in [4.69, 9.17) is 4.74 Å². The fourth-order valence-corrected chi connectivity index (χ4v) is 2.82. The number of ether oxygens (including phenoxy) is 1. The van der Waals surface area contributed by atoms with Crippen molar-refractivity contribution in [3.8, 4) is 0 Å². The minimum Gasteiger partial charge on any atom is -0.378 e. The number of carbonyl (C=O) groups is 1. The zero-order chi connectivity index (χ0) is 18.5. The Morgan fingerprint density at radius 1 is 1.27 bits per heavy atom.